The third-order valence-electron chi connectivity index (χ3n) is 3.64. The van der Waals surface area contributed by atoms with E-state index in [1.165, 1.54) is 0 Å². The van der Waals surface area contributed by atoms with Gasteiger partial charge >= 0.3 is 0 Å². The standard InChI is InChI=1S/C17H18BrClO2/c1-9-5-6-12(14(19)7-9)16(20)15-11(3)13(18)8-10(2)17(15)21-4/h5-8,16,20H,1-4H3. The highest BCUT2D eigenvalue weighted by Gasteiger charge is 2.23. The van der Waals surface area contributed by atoms with Crippen molar-refractivity contribution in [2.45, 2.75) is 26.9 Å². The molecule has 2 aromatic carbocycles. The van der Waals surface area contributed by atoms with Gasteiger partial charge in [-0.3, -0.25) is 0 Å². The van der Waals surface area contributed by atoms with Gasteiger partial charge in [0.2, 0.25) is 0 Å². The Balaban J connectivity index is 2.65. The van der Waals surface area contributed by atoms with E-state index in [0.29, 0.717) is 16.3 Å². The molecule has 0 spiro atoms. The first kappa shape index (κ1) is 16.3. The lowest BCUT2D eigenvalue weighted by Crippen LogP contribution is -2.07. The van der Waals surface area contributed by atoms with E-state index in [1.54, 1.807) is 7.11 Å². The number of halogens is 2. The van der Waals surface area contributed by atoms with Crippen molar-refractivity contribution in [3.63, 3.8) is 0 Å². The maximum Gasteiger partial charge on any atom is 0.128 e. The Kier molecular flexibility index (Phi) is 4.97. The van der Waals surface area contributed by atoms with Gasteiger partial charge in [-0.15, -0.1) is 0 Å². The highest BCUT2D eigenvalue weighted by Crippen LogP contribution is 2.40. The molecule has 2 rings (SSSR count). The fourth-order valence-corrected chi connectivity index (χ4v) is 3.38. The Bertz CT molecular complexity index is 683. The van der Waals surface area contributed by atoms with Crippen LogP contribution in [0.5, 0.6) is 5.75 Å². The van der Waals surface area contributed by atoms with E-state index < -0.39 is 6.10 Å². The molecule has 0 heterocycles. The van der Waals surface area contributed by atoms with Crippen LogP contribution in [0.15, 0.2) is 28.7 Å². The molecule has 21 heavy (non-hydrogen) atoms. The van der Waals surface area contributed by atoms with Gasteiger partial charge in [-0.2, -0.15) is 0 Å². The number of hydrogen-bond donors (Lipinski definition) is 1. The monoisotopic (exact) mass is 368 g/mol. The molecular weight excluding hydrogens is 352 g/mol. The van der Waals surface area contributed by atoms with Crippen molar-refractivity contribution < 1.29 is 9.84 Å². The van der Waals surface area contributed by atoms with Crippen LogP contribution < -0.4 is 4.74 Å². The number of rotatable bonds is 3. The summed E-state index contributed by atoms with van der Waals surface area (Å²) in [7, 11) is 1.61. The van der Waals surface area contributed by atoms with Crippen molar-refractivity contribution in [3.8, 4) is 5.75 Å². The average molecular weight is 370 g/mol. The largest absolute Gasteiger partial charge is 0.496 e. The SMILES string of the molecule is COc1c(C)cc(Br)c(C)c1C(O)c1ccc(C)cc1Cl. The minimum Gasteiger partial charge on any atom is -0.496 e. The molecule has 2 aromatic rings. The molecule has 1 unspecified atom stereocenters. The van der Waals surface area contributed by atoms with Gasteiger partial charge in [-0.1, -0.05) is 39.7 Å². The van der Waals surface area contributed by atoms with Gasteiger partial charge in [-0.05, 0) is 49.6 Å². The van der Waals surface area contributed by atoms with E-state index >= 15 is 0 Å². The van der Waals surface area contributed by atoms with Crippen LogP contribution in [0.25, 0.3) is 0 Å². The second-order valence-corrected chi connectivity index (χ2v) is 6.44. The highest BCUT2D eigenvalue weighted by atomic mass is 79.9. The number of benzene rings is 2. The zero-order valence-electron chi connectivity index (χ0n) is 12.5. The Labute approximate surface area is 138 Å². The van der Waals surface area contributed by atoms with Crippen molar-refractivity contribution in [2.75, 3.05) is 7.11 Å². The number of aliphatic hydroxyl groups excluding tert-OH is 1. The molecule has 112 valence electrons. The van der Waals surface area contributed by atoms with Crippen molar-refractivity contribution >= 4 is 27.5 Å². The van der Waals surface area contributed by atoms with Gasteiger partial charge in [0.15, 0.2) is 0 Å². The number of hydrogen-bond acceptors (Lipinski definition) is 2. The molecule has 1 atom stereocenters. The summed E-state index contributed by atoms with van der Waals surface area (Å²) in [6.07, 6.45) is -0.829. The third-order valence-corrected chi connectivity index (χ3v) is 4.79. The van der Waals surface area contributed by atoms with Crippen LogP contribution in [0.4, 0.5) is 0 Å². The fourth-order valence-electron chi connectivity index (χ4n) is 2.48. The molecule has 0 aliphatic carbocycles. The van der Waals surface area contributed by atoms with Gasteiger partial charge in [0.1, 0.15) is 11.9 Å². The molecular formula is C17H18BrClO2. The molecule has 0 bridgehead atoms. The van der Waals surface area contributed by atoms with E-state index in [1.807, 2.05) is 45.0 Å². The fraction of sp³-hybridized carbons (Fsp3) is 0.294. The van der Waals surface area contributed by atoms with Crippen LogP contribution in [-0.2, 0) is 0 Å². The summed E-state index contributed by atoms with van der Waals surface area (Å²) in [4.78, 5) is 0. The first-order valence-electron chi connectivity index (χ1n) is 6.64. The van der Waals surface area contributed by atoms with Crippen LogP contribution in [0.1, 0.15) is 33.9 Å². The van der Waals surface area contributed by atoms with Gasteiger partial charge in [-0.25, -0.2) is 0 Å². The number of aryl methyl sites for hydroxylation is 2. The molecule has 0 aliphatic heterocycles. The Morgan fingerprint density at radius 3 is 2.43 bits per heavy atom. The zero-order valence-corrected chi connectivity index (χ0v) is 14.8. The van der Waals surface area contributed by atoms with Crippen molar-refractivity contribution in [3.05, 3.63) is 61.6 Å². The topological polar surface area (TPSA) is 29.5 Å². The lowest BCUT2D eigenvalue weighted by molar-refractivity contribution is 0.213. The average Bonchev–Trinajstić information content (AvgIpc) is 2.41. The minimum absolute atomic E-state index is 0.557. The van der Waals surface area contributed by atoms with Crippen LogP contribution >= 0.6 is 27.5 Å². The van der Waals surface area contributed by atoms with Crippen LogP contribution in [0.2, 0.25) is 5.02 Å². The maximum absolute atomic E-state index is 10.8. The van der Waals surface area contributed by atoms with E-state index in [2.05, 4.69) is 15.9 Å². The van der Waals surface area contributed by atoms with E-state index in [-0.39, 0.29) is 0 Å². The van der Waals surface area contributed by atoms with Crippen molar-refractivity contribution in [2.24, 2.45) is 0 Å². The molecule has 0 aliphatic rings. The van der Waals surface area contributed by atoms with Gasteiger partial charge in [0.05, 0.1) is 7.11 Å². The Hall–Kier alpha value is -1.03. The zero-order chi connectivity index (χ0) is 15.7. The van der Waals surface area contributed by atoms with Crippen LogP contribution in [0.3, 0.4) is 0 Å². The predicted molar refractivity (Wildman–Crippen MR) is 90.4 cm³/mol. The lowest BCUT2D eigenvalue weighted by atomic mass is 9.94. The normalized spacial score (nSPS) is 12.3. The molecule has 1 N–H and O–H groups in total. The van der Waals surface area contributed by atoms with Gasteiger partial charge in [0.25, 0.3) is 0 Å². The van der Waals surface area contributed by atoms with E-state index in [9.17, 15) is 5.11 Å². The first-order valence-corrected chi connectivity index (χ1v) is 7.81. The maximum atomic E-state index is 10.8. The second kappa shape index (κ2) is 6.39. The predicted octanol–water partition coefficient (Wildman–Crippen LogP) is 5.12. The molecule has 0 saturated heterocycles. The molecule has 2 nitrogen and oxygen atoms in total. The van der Waals surface area contributed by atoms with Crippen molar-refractivity contribution in [1.29, 1.82) is 0 Å². The van der Waals surface area contributed by atoms with E-state index in [4.69, 9.17) is 16.3 Å². The molecule has 4 heteroatoms. The molecule has 0 fully saturated rings. The summed E-state index contributed by atoms with van der Waals surface area (Å²) in [6.45, 7) is 5.87. The third kappa shape index (κ3) is 3.10. The second-order valence-electron chi connectivity index (χ2n) is 5.17. The Morgan fingerprint density at radius 1 is 1.19 bits per heavy atom. The minimum atomic E-state index is -0.829. The summed E-state index contributed by atoms with van der Waals surface area (Å²) in [6, 6.07) is 7.64. The number of ether oxygens (including phenoxy) is 1. The van der Waals surface area contributed by atoms with Gasteiger partial charge < -0.3 is 9.84 Å². The summed E-state index contributed by atoms with van der Waals surface area (Å²) < 4.78 is 6.44. The van der Waals surface area contributed by atoms with Gasteiger partial charge in [0, 0.05) is 20.6 Å². The number of aliphatic hydroxyl groups is 1. The number of methoxy groups -OCH3 is 1. The quantitative estimate of drug-likeness (QED) is 0.814. The molecule has 0 saturated carbocycles. The first-order chi connectivity index (χ1) is 9.86. The molecule has 0 amide bonds. The molecule has 0 radical (unpaired) electrons. The van der Waals surface area contributed by atoms with Crippen LogP contribution in [0, 0.1) is 20.8 Å². The Morgan fingerprint density at radius 2 is 1.86 bits per heavy atom. The van der Waals surface area contributed by atoms with Crippen molar-refractivity contribution in [1.82, 2.24) is 0 Å². The summed E-state index contributed by atoms with van der Waals surface area (Å²) in [5, 5.41) is 11.4. The lowest BCUT2D eigenvalue weighted by Gasteiger charge is -2.21. The summed E-state index contributed by atoms with van der Waals surface area (Å²) in [5.74, 6) is 0.694. The smallest absolute Gasteiger partial charge is 0.128 e. The molecule has 0 aromatic heterocycles. The van der Waals surface area contributed by atoms with E-state index in [0.717, 1.165) is 26.7 Å². The summed E-state index contributed by atoms with van der Waals surface area (Å²) in [5.41, 5.74) is 4.40. The highest BCUT2D eigenvalue weighted by molar-refractivity contribution is 9.10. The van der Waals surface area contributed by atoms with Crippen LogP contribution in [-0.4, -0.2) is 12.2 Å². The summed E-state index contributed by atoms with van der Waals surface area (Å²) >= 11 is 9.82.